The predicted molar refractivity (Wildman–Crippen MR) is 139 cm³/mol. The van der Waals surface area contributed by atoms with Crippen LogP contribution in [0.5, 0.6) is 11.5 Å². The summed E-state index contributed by atoms with van der Waals surface area (Å²) in [6.07, 6.45) is 0.856. The molecule has 0 saturated heterocycles. The number of hydrogen-bond donors (Lipinski definition) is 0. The molecule has 4 aromatic rings. The first kappa shape index (κ1) is 24.0. The van der Waals surface area contributed by atoms with Crippen LogP contribution in [-0.4, -0.2) is 29.3 Å². The van der Waals surface area contributed by atoms with Crippen molar-refractivity contribution < 1.29 is 18.7 Å². The van der Waals surface area contributed by atoms with Crippen molar-refractivity contribution in [2.75, 3.05) is 18.1 Å². The van der Waals surface area contributed by atoms with Crippen LogP contribution < -0.4 is 19.8 Å². The van der Waals surface area contributed by atoms with Crippen molar-refractivity contribution in [1.29, 1.82) is 0 Å². The number of carbonyl (C=O) groups is 1. The number of benzene rings is 2. The van der Waals surface area contributed by atoms with Gasteiger partial charge < -0.3 is 13.9 Å². The molecule has 1 aliphatic heterocycles. The lowest BCUT2D eigenvalue weighted by Crippen LogP contribution is -2.29. The van der Waals surface area contributed by atoms with E-state index in [1.165, 1.54) is 16.2 Å². The van der Waals surface area contributed by atoms with Gasteiger partial charge in [0.2, 0.25) is 10.9 Å². The molecule has 0 bridgehead atoms. The summed E-state index contributed by atoms with van der Waals surface area (Å²) in [5.74, 6) is 0.913. The fraction of sp³-hybridized carbons (Fsp3) is 0.333. The minimum atomic E-state index is -0.749. The fourth-order valence-electron chi connectivity index (χ4n) is 4.28. The molecule has 0 radical (unpaired) electrons. The van der Waals surface area contributed by atoms with Crippen molar-refractivity contribution >= 4 is 33.3 Å². The first-order chi connectivity index (χ1) is 17.4. The van der Waals surface area contributed by atoms with Gasteiger partial charge in [0.15, 0.2) is 16.9 Å². The lowest BCUT2D eigenvalue weighted by atomic mass is 9.98. The number of hydrogen-bond acceptors (Lipinski definition) is 8. The zero-order valence-electron chi connectivity index (χ0n) is 20.6. The Morgan fingerprint density at radius 3 is 2.58 bits per heavy atom. The van der Waals surface area contributed by atoms with E-state index in [4.69, 9.17) is 13.9 Å². The van der Waals surface area contributed by atoms with Crippen LogP contribution in [0.3, 0.4) is 0 Å². The van der Waals surface area contributed by atoms with Gasteiger partial charge in [-0.1, -0.05) is 50.3 Å². The van der Waals surface area contributed by atoms with Gasteiger partial charge in [0.25, 0.3) is 5.91 Å². The minimum Gasteiger partial charge on any atom is -0.490 e. The highest BCUT2D eigenvalue weighted by atomic mass is 32.1. The number of anilines is 1. The number of ether oxygens (including phenoxy) is 2. The second kappa shape index (κ2) is 9.73. The highest BCUT2D eigenvalue weighted by Crippen LogP contribution is 2.44. The van der Waals surface area contributed by atoms with E-state index in [1.54, 1.807) is 24.3 Å². The van der Waals surface area contributed by atoms with Gasteiger partial charge in [0, 0.05) is 5.92 Å². The summed E-state index contributed by atoms with van der Waals surface area (Å²) in [6.45, 7) is 8.95. The summed E-state index contributed by atoms with van der Waals surface area (Å²) in [6, 6.07) is 11.7. The van der Waals surface area contributed by atoms with Crippen LogP contribution >= 0.6 is 11.3 Å². The zero-order chi connectivity index (χ0) is 25.4. The summed E-state index contributed by atoms with van der Waals surface area (Å²) in [5.41, 5.74) is 1.10. The third-order valence-corrected chi connectivity index (χ3v) is 7.18. The smallest absolute Gasteiger partial charge is 0.297 e. The fourth-order valence-corrected chi connectivity index (χ4v) is 5.16. The van der Waals surface area contributed by atoms with Crippen molar-refractivity contribution in [2.45, 2.75) is 46.1 Å². The highest BCUT2D eigenvalue weighted by Gasteiger charge is 2.45. The van der Waals surface area contributed by atoms with Crippen LogP contribution in [0, 0.1) is 0 Å². The Kier molecular flexibility index (Phi) is 6.49. The predicted octanol–water partition coefficient (Wildman–Crippen LogP) is 5.71. The molecule has 186 valence electrons. The topological polar surface area (TPSA) is 94.8 Å². The van der Waals surface area contributed by atoms with Crippen LogP contribution in [0.2, 0.25) is 0 Å². The lowest BCUT2D eigenvalue weighted by Gasteiger charge is -2.23. The molecule has 3 heterocycles. The Morgan fingerprint density at radius 1 is 1.06 bits per heavy atom. The summed E-state index contributed by atoms with van der Waals surface area (Å²) in [4.78, 5) is 29.0. The van der Waals surface area contributed by atoms with Gasteiger partial charge in [-0.2, -0.15) is 0 Å². The molecule has 1 amide bonds. The van der Waals surface area contributed by atoms with Crippen LogP contribution in [0.25, 0.3) is 11.0 Å². The number of fused-ring (bicyclic) bond motifs is 2. The zero-order valence-corrected chi connectivity index (χ0v) is 21.4. The van der Waals surface area contributed by atoms with Gasteiger partial charge in [0.1, 0.15) is 10.6 Å². The van der Waals surface area contributed by atoms with Crippen LogP contribution in [0.1, 0.15) is 72.8 Å². The van der Waals surface area contributed by atoms with Crippen LogP contribution in [0.15, 0.2) is 51.7 Å². The third-order valence-electron chi connectivity index (χ3n) is 5.95. The molecule has 1 aliphatic rings. The van der Waals surface area contributed by atoms with Gasteiger partial charge in [-0.3, -0.25) is 14.5 Å². The second-order valence-electron chi connectivity index (χ2n) is 8.81. The van der Waals surface area contributed by atoms with Crippen molar-refractivity contribution in [3.63, 3.8) is 0 Å². The molecule has 5 rings (SSSR count). The average Bonchev–Trinajstić information content (AvgIpc) is 3.47. The molecule has 0 N–H and O–H groups in total. The molecule has 8 nitrogen and oxygen atoms in total. The van der Waals surface area contributed by atoms with E-state index in [-0.39, 0.29) is 22.7 Å². The number of aromatic nitrogens is 2. The maximum absolute atomic E-state index is 13.8. The van der Waals surface area contributed by atoms with Gasteiger partial charge in [-0.15, -0.1) is 10.2 Å². The normalized spacial score (nSPS) is 15.1. The molecule has 0 aliphatic carbocycles. The minimum absolute atomic E-state index is 0.0225. The molecule has 0 unspecified atom stereocenters. The van der Waals surface area contributed by atoms with Crippen molar-refractivity contribution in [3.05, 3.63) is 74.6 Å². The molecule has 0 spiro atoms. The molecule has 0 saturated carbocycles. The van der Waals surface area contributed by atoms with Crippen molar-refractivity contribution in [2.24, 2.45) is 0 Å². The van der Waals surface area contributed by atoms with E-state index in [0.29, 0.717) is 46.4 Å². The first-order valence-corrected chi connectivity index (χ1v) is 12.9. The Labute approximate surface area is 212 Å². The molecule has 2 aromatic heterocycles. The van der Waals surface area contributed by atoms with E-state index < -0.39 is 11.9 Å². The summed E-state index contributed by atoms with van der Waals surface area (Å²) >= 11 is 1.33. The third kappa shape index (κ3) is 4.03. The molecular formula is C27H27N3O5S. The second-order valence-corrected chi connectivity index (χ2v) is 9.80. The SMILES string of the molecule is CCCOc1ccc([C@H]2c3c(oc4ccccc4c3=O)C(=O)N2c2nnc(C(C)C)s2)cc1OCC. The number of amides is 1. The Balaban J connectivity index is 1.73. The molecule has 2 aromatic carbocycles. The Morgan fingerprint density at radius 2 is 1.86 bits per heavy atom. The number of rotatable bonds is 8. The molecule has 9 heteroatoms. The summed E-state index contributed by atoms with van der Waals surface area (Å²) in [5, 5.41) is 10.2. The van der Waals surface area contributed by atoms with E-state index in [0.717, 1.165) is 11.4 Å². The average molecular weight is 506 g/mol. The van der Waals surface area contributed by atoms with Crippen molar-refractivity contribution in [1.82, 2.24) is 10.2 Å². The highest BCUT2D eigenvalue weighted by molar-refractivity contribution is 7.15. The van der Waals surface area contributed by atoms with Crippen LogP contribution in [0.4, 0.5) is 5.13 Å². The molecule has 1 atom stereocenters. The van der Waals surface area contributed by atoms with E-state index >= 15 is 0 Å². The number of carbonyl (C=O) groups excluding carboxylic acids is 1. The number of para-hydroxylation sites is 1. The number of nitrogens with zero attached hydrogens (tertiary/aromatic N) is 3. The Hall–Kier alpha value is -3.72. The first-order valence-electron chi connectivity index (χ1n) is 12.1. The molecule has 0 fully saturated rings. The van der Waals surface area contributed by atoms with Crippen molar-refractivity contribution in [3.8, 4) is 11.5 Å². The summed E-state index contributed by atoms with van der Waals surface area (Å²) < 4.78 is 17.8. The van der Waals surface area contributed by atoms with Gasteiger partial charge in [-0.25, -0.2) is 0 Å². The van der Waals surface area contributed by atoms with E-state index in [1.807, 2.05) is 45.9 Å². The van der Waals surface area contributed by atoms with E-state index in [2.05, 4.69) is 10.2 Å². The van der Waals surface area contributed by atoms with E-state index in [9.17, 15) is 9.59 Å². The van der Waals surface area contributed by atoms with Gasteiger partial charge >= 0.3 is 0 Å². The summed E-state index contributed by atoms with van der Waals surface area (Å²) in [7, 11) is 0. The standard InChI is InChI=1S/C27H27N3O5S/c1-5-13-34-19-12-11-16(14-20(19)33-6-2)22-21-23(31)17-9-7-8-10-18(17)35-24(21)26(32)30(22)27-29-28-25(36-27)15(3)4/h7-12,14-15,22H,5-6,13H2,1-4H3/t22-/m0/s1. The monoisotopic (exact) mass is 505 g/mol. The molecule has 36 heavy (non-hydrogen) atoms. The quantitative estimate of drug-likeness (QED) is 0.303. The van der Waals surface area contributed by atoms with Crippen LogP contribution in [-0.2, 0) is 0 Å². The van der Waals surface area contributed by atoms with Gasteiger partial charge in [0.05, 0.1) is 30.2 Å². The molecular weight excluding hydrogens is 478 g/mol. The maximum Gasteiger partial charge on any atom is 0.297 e. The lowest BCUT2D eigenvalue weighted by molar-refractivity contribution is 0.0970. The largest absolute Gasteiger partial charge is 0.490 e. The van der Waals surface area contributed by atoms with Gasteiger partial charge in [-0.05, 0) is 43.2 Å². The maximum atomic E-state index is 13.8. The Bertz CT molecular complexity index is 1490.